The molecule has 3 aromatic rings. The maximum Gasteiger partial charge on any atom is 0.226 e. The molecular formula is C23H25N5OS. The van der Waals surface area contributed by atoms with E-state index >= 15 is 0 Å². The number of carbonyl (C=O) groups is 1. The molecular weight excluding hydrogens is 394 g/mol. The summed E-state index contributed by atoms with van der Waals surface area (Å²) in [5, 5.41) is 7.01. The first-order chi connectivity index (χ1) is 14.5. The van der Waals surface area contributed by atoms with Crippen LogP contribution in [0.25, 0.3) is 0 Å². The highest BCUT2D eigenvalue weighted by molar-refractivity contribution is 7.80. The Bertz CT molecular complexity index is 1050. The van der Waals surface area contributed by atoms with Crippen LogP contribution in [-0.4, -0.2) is 32.4 Å². The molecule has 1 amide bonds. The van der Waals surface area contributed by atoms with Crippen LogP contribution < -0.4 is 10.6 Å². The van der Waals surface area contributed by atoms with Gasteiger partial charge in [0.05, 0.1) is 17.8 Å². The van der Waals surface area contributed by atoms with Crippen molar-refractivity contribution in [2.24, 2.45) is 0 Å². The SMILES string of the molecule is Cc1cccc(NC(=O)CCN2C(=S)N[C@H](c3ccccn3)[C@@H]2c2ccc(C)[nH]2)c1. The van der Waals surface area contributed by atoms with Crippen LogP contribution in [0.1, 0.15) is 41.1 Å². The van der Waals surface area contributed by atoms with Gasteiger partial charge in [0.25, 0.3) is 0 Å². The number of nitrogens with zero attached hydrogens (tertiary/aromatic N) is 2. The largest absolute Gasteiger partial charge is 0.361 e. The van der Waals surface area contributed by atoms with Crippen LogP contribution in [0.4, 0.5) is 5.69 Å². The van der Waals surface area contributed by atoms with Crippen molar-refractivity contribution in [3.63, 3.8) is 0 Å². The Hall–Kier alpha value is -3.19. The van der Waals surface area contributed by atoms with Crippen LogP contribution in [0, 0.1) is 13.8 Å². The fraction of sp³-hybridized carbons (Fsp3) is 0.261. The fourth-order valence-corrected chi connectivity index (χ4v) is 4.18. The summed E-state index contributed by atoms with van der Waals surface area (Å²) in [6.07, 6.45) is 2.12. The molecule has 4 rings (SSSR count). The lowest BCUT2D eigenvalue weighted by Gasteiger charge is -2.26. The lowest BCUT2D eigenvalue weighted by molar-refractivity contribution is -0.116. The molecule has 0 bridgehead atoms. The Kier molecular flexibility index (Phi) is 5.81. The van der Waals surface area contributed by atoms with Gasteiger partial charge in [-0.05, 0) is 68.0 Å². The Labute approximate surface area is 181 Å². The highest BCUT2D eigenvalue weighted by Gasteiger charge is 2.40. The molecule has 3 heterocycles. The summed E-state index contributed by atoms with van der Waals surface area (Å²) in [5.74, 6) is -0.0360. The molecule has 0 unspecified atom stereocenters. The number of nitrogens with one attached hydrogen (secondary N) is 3. The Morgan fingerprint density at radius 1 is 1.17 bits per heavy atom. The molecule has 2 atom stereocenters. The van der Waals surface area contributed by atoms with Gasteiger partial charge in [0.2, 0.25) is 5.91 Å². The summed E-state index contributed by atoms with van der Waals surface area (Å²) in [5.41, 5.74) is 4.97. The van der Waals surface area contributed by atoms with E-state index in [9.17, 15) is 4.79 Å². The molecule has 1 aliphatic rings. The highest BCUT2D eigenvalue weighted by Crippen LogP contribution is 2.38. The van der Waals surface area contributed by atoms with Crippen molar-refractivity contribution in [1.82, 2.24) is 20.2 Å². The Morgan fingerprint density at radius 2 is 2.03 bits per heavy atom. The molecule has 154 valence electrons. The van der Waals surface area contributed by atoms with E-state index in [-0.39, 0.29) is 18.0 Å². The number of hydrogen-bond donors (Lipinski definition) is 3. The standard InChI is InChI=1S/C23H25N5OS/c1-15-6-5-7-17(14-15)26-20(29)11-13-28-22(19-10-9-16(2)25-19)21(27-23(28)30)18-8-3-4-12-24-18/h3-10,12,14,21-22,25H,11,13H2,1-2H3,(H,26,29)(H,27,30)/t21-,22+/m1/s1. The second-order valence-electron chi connectivity index (χ2n) is 7.58. The average molecular weight is 420 g/mol. The van der Waals surface area contributed by atoms with Crippen LogP contribution >= 0.6 is 12.2 Å². The molecule has 6 nitrogen and oxygen atoms in total. The molecule has 0 spiro atoms. The first-order valence-corrected chi connectivity index (χ1v) is 10.4. The monoisotopic (exact) mass is 419 g/mol. The van der Waals surface area contributed by atoms with Crippen molar-refractivity contribution >= 4 is 28.9 Å². The van der Waals surface area contributed by atoms with Gasteiger partial charge < -0.3 is 20.5 Å². The van der Waals surface area contributed by atoms with E-state index < -0.39 is 0 Å². The second-order valence-corrected chi connectivity index (χ2v) is 7.97. The van der Waals surface area contributed by atoms with E-state index in [1.807, 2.05) is 56.3 Å². The van der Waals surface area contributed by atoms with Crippen molar-refractivity contribution in [2.45, 2.75) is 32.4 Å². The number of carbonyl (C=O) groups excluding carboxylic acids is 1. The predicted octanol–water partition coefficient (Wildman–Crippen LogP) is 4.03. The van der Waals surface area contributed by atoms with Crippen LogP contribution in [0.3, 0.4) is 0 Å². The quantitative estimate of drug-likeness (QED) is 0.526. The summed E-state index contributed by atoms with van der Waals surface area (Å²) in [6.45, 7) is 4.54. The maximum atomic E-state index is 12.6. The number of aromatic nitrogens is 2. The van der Waals surface area contributed by atoms with Gasteiger partial charge in [0.15, 0.2) is 5.11 Å². The lowest BCUT2D eigenvalue weighted by Crippen LogP contribution is -2.32. The molecule has 1 aromatic carbocycles. The smallest absolute Gasteiger partial charge is 0.226 e. The van der Waals surface area contributed by atoms with Gasteiger partial charge in [0, 0.05) is 36.2 Å². The minimum absolute atomic E-state index is 0.0360. The number of aromatic amines is 1. The van der Waals surface area contributed by atoms with E-state index in [4.69, 9.17) is 12.2 Å². The van der Waals surface area contributed by atoms with Crippen LogP contribution in [0.2, 0.25) is 0 Å². The van der Waals surface area contributed by atoms with E-state index in [2.05, 4.69) is 37.6 Å². The van der Waals surface area contributed by atoms with Crippen molar-refractivity contribution in [2.75, 3.05) is 11.9 Å². The zero-order chi connectivity index (χ0) is 21.1. The maximum absolute atomic E-state index is 12.6. The van der Waals surface area contributed by atoms with Gasteiger partial charge in [-0.3, -0.25) is 9.78 Å². The molecule has 0 aliphatic carbocycles. The normalized spacial score (nSPS) is 18.3. The second kappa shape index (κ2) is 8.67. The molecule has 2 aromatic heterocycles. The first-order valence-electron chi connectivity index (χ1n) is 10.0. The zero-order valence-electron chi connectivity index (χ0n) is 17.1. The van der Waals surface area contributed by atoms with E-state index in [0.717, 1.165) is 28.3 Å². The lowest BCUT2D eigenvalue weighted by atomic mass is 10.0. The number of rotatable bonds is 6. The molecule has 1 fully saturated rings. The molecule has 0 radical (unpaired) electrons. The van der Waals surface area contributed by atoms with Gasteiger partial charge in [-0.25, -0.2) is 0 Å². The van der Waals surface area contributed by atoms with Crippen molar-refractivity contribution in [3.05, 3.63) is 83.4 Å². The van der Waals surface area contributed by atoms with Crippen molar-refractivity contribution < 1.29 is 4.79 Å². The van der Waals surface area contributed by atoms with Gasteiger partial charge >= 0.3 is 0 Å². The van der Waals surface area contributed by atoms with Gasteiger partial charge in [-0.15, -0.1) is 0 Å². The van der Waals surface area contributed by atoms with Crippen LogP contribution in [-0.2, 0) is 4.79 Å². The molecule has 1 aliphatic heterocycles. The fourth-order valence-electron chi connectivity index (χ4n) is 3.85. The van der Waals surface area contributed by atoms with Gasteiger partial charge in [-0.1, -0.05) is 18.2 Å². The third-order valence-electron chi connectivity index (χ3n) is 5.25. The highest BCUT2D eigenvalue weighted by atomic mass is 32.1. The van der Waals surface area contributed by atoms with E-state index in [1.54, 1.807) is 6.20 Å². The predicted molar refractivity (Wildman–Crippen MR) is 122 cm³/mol. The third kappa shape index (κ3) is 4.36. The molecule has 0 saturated carbocycles. The summed E-state index contributed by atoms with van der Waals surface area (Å²) in [6, 6.07) is 17.6. The zero-order valence-corrected chi connectivity index (χ0v) is 17.9. The van der Waals surface area contributed by atoms with Crippen LogP contribution in [0.5, 0.6) is 0 Å². The minimum Gasteiger partial charge on any atom is -0.361 e. The number of H-pyrrole nitrogens is 1. The summed E-state index contributed by atoms with van der Waals surface area (Å²) >= 11 is 5.64. The number of hydrogen-bond acceptors (Lipinski definition) is 3. The summed E-state index contributed by atoms with van der Waals surface area (Å²) in [4.78, 5) is 22.6. The molecule has 30 heavy (non-hydrogen) atoms. The molecule has 3 N–H and O–H groups in total. The van der Waals surface area contributed by atoms with Gasteiger partial charge in [0.1, 0.15) is 0 Å². The van der Waals surface area contributed by atoms with E-state index in [1.165, 1.54) is 0 Å². The summed E-state index contributed by atoms with van der Waals surface area (Å²) in [7, 11) is 0. The molecule has 7 heteroatoms. The van der Waals surface area contributed by atoms with Crippen molar-refractivity contribution in [1.29, 1.82) is 0 Å². The molecule has 1 saturated heterocycles. The van der Waals surface area contributed by atoms with Crippen molar-refractivity contribution in [3.8, 4) is 0 Å². The summed E-state index contributed by atoms with van der Waals surface area (Å²) < 4.78 is 0. The number of pyridine rings is 1. The first kappa shape index (κ1) is 20.1. The number of aryl methyl sites for hydroxylation is 2. The minimum atomic E-state index is -0.0865. The third-order valence-corrected chi connectivity index (χ3v) is 5.60. The van der Waals surface area contributed by atoms with E-state index in [0.29, 0.717) is 18.1 Å². The number of thiocarbonyl (C=S) groups is 1. The van der Waals surface area contributed by atoms with Crippen LogP contribution in [0.15, 0.2) is 60.8 Å². The average Bonchev–Trinajstić information content (AvgIpc) is 3.30. The number of anilines is 1. The number of amides is 1. The topological polar surface area (TPSA) is 73.1 Å². The van der Waals surface area contributed by atoms with Gasteiger partial charge in [-0.2, -0.15) is 0 Å². The Morgan fingerprint density at radius 3 is 2.73 bits per heavy atom. The number of benzene rings is 1. The Balaban J connectivity index is 1.51.